The molecule has 1 N–H and O–H groups in total. The van der Waals surface area contributed by atoms with Crippen LogP contribution >= 0.6 is 0 Å². The normalized spacial score (nSPS) is 10.7. The minimum Gasteiger partial charge on any atom is -0.494 e. The van der Waals surface area contributed by atoms with Gasteiger partial charge in [-0.15, -0.1) is 0 Å². The molecule has 0 spiro atoms. The van der Waals surface area contributed by atoms with E-state index < -0.39 is 0 Å². The Balaban J connectivity index is 1.44. The summed E-state index contributed by atoms with van der Waals surface area (Å²) in [7, 11) is 0. The molecular weight excluding hydrogens is 404 g/mol. The number of nitrogens with zero attached hydrogens (tertiary/aromatic N) is 1. The van der Waals surface area contributed by atoms with Crippen molar-refractivity contribution >= 4 is 12.1 Å². The number of hydrogen-bond acceptors (Lipinski definition) is 5. The minimum atomic E-state index is -0.354. The molecule has 0 atom stereocenters. The Morgan fingerprint density at radius 2 is 1.56 bits per heavy atom. The molecular formula is C26H28N2O4. The SMILES string of the molecule is CCCCOc1ccc(OCC(=O)N/N=C\c2ccccc2OCc2ccccc2)cc1. The van der Waals surface area contributed by atoms with E-state index in [2.05, 4.69) is 17.5 Å². The third-order valence-electron chi connectivity index (χ3n) is 4.51. The lowest BCUT2D eigenvalue weighted by Crippen LogP contribution is -2.24. The average Bonchev–Trinajstić information content (AvgIpc) is 2.84. The molecule has 166 valence electrons. The third-order valence-corrected chi connectivity index (χ3v) is 4.51. The second kappa shape index (κ2) is 12.8. The van der Waals surface area contributed by atoms with Crippen LogP contribution in [0.3, 0.4) is 0 Å². The maximum absolute atomic E-state index is 12.0. The van der Waals surface area contributed by atoms with Gasteiger partial charge in [0, 0.05) is 5.56 Å². The van der Waals surface area contributed by atoms with Crippen molar-refractivity contribution in [3.8, 4) is 17.2 Å². The summed E-state index contributed by atoms with van der Waals surface area (Å²) in [6.45, 7) is 3.12. The number of hydrazone groups is 1. The molecule has 3 rings (SSSR count). The molecule has 6 heteroatoms. The number of carbonyl (C=O) groups is 1. The van der Waals surface area contributed by atoms with Crippen LogP contribution in [-0.2, 0) is 11.4 Å². The second-order valence-electron chi connectivity index (χ2n) is 7.07. The van der Waals surface area contributed by atoms with Crippen molar-refractivity contribution in [2.45, 2.75) is 26.4 Å². The molecule has 0 aromatic heterocycles. The van der Waals surface area contributed by atoms with E-state index in [-0.39, 0.29) is 12.5 Å². The number of unbranched alkanes of at least 4 members (excludes halogenated alkanes) is 1. The van der Waals surface area contributed by atoms with Crippen LogP contribution in [0.5, 0.6) is 17.2 Å². The molecule has 0 radical (unpaired) electrons. The molecule has 0 fully saturated rings. The Kier molecular flexibility index (Phi) is 9.15. The lowest BCUT2D eigenvalue weighted by Gasteiger charge is -2.09. The maximum Gasteiger partial charge on any atom is 0.277 e. The Hall–Kier alpha value is -3.80. The highest BCUT2D eigenvalue weighted by molar-refractivity contribution is 5.85. The molecule has 1 amide bonds. The van der Waals surface area contributed by atoms with Crippen molar-refractivity contribution in [2.24, 2.45) is 5.10 Å². The van der Waals surface area contributed by atoms with Gasteiger partial charge in [0.2, 0.25) is 0 Å². The topological polar surface area (TPSA) is 69.2 Å². The van der Waals surface area contributed by atoms with Crippen molar-refractivity contribution in [1.82, 2.24) is 5.43 Å². The van der Waals surface area contributed by atoms with Gasteiger partial charge in [-0.25, -0.2) is 5.43 Å². The number of ether oxygens (including phenoxy) is 3. The first-order valence-corrected chi connectivity index (χ1v) is 10.7. The monoisotopic (exact) mass is 432 g/mol. The maximum atomic E-state index is 12.0. The highest BCUT2D eigenvalue weighted by Gasteiger charge is 2.04. The number of hydrogen-bond donors (Lipinski definition) is 1. The van der Waals surface area contributed by atoms with Crippen LogP contribution in [0.4, 0.5) is 0 Å². The van der Waals surface area contributed by atoms with E-state index >= 15 is 0 Å². The van der Waals surface area contributed by atoms with E-state index in [1.165, 1.54) is 0 Å². The fraction of sp³-hybridized carbons (Fsp3) is 0.231. The lowest BCUT2D eigenvalue weighted by atomic mass is 10.2. The zero-order chi connectivity index (χ0) is 22.4. The van der Waals surface area contributed by atoms with Gasteiger partial charge in [-0.2, -0.15) is 5.10 Å². The van der Waals surface area contributed by atoms with Crippen molar-refractivity contribution in [2.75, 3.05) is 13.2 Å². The van der Waals surface area contributed by atoms with Crippen LogP contribution in [0.25, 0.3) is 0 Å². The number of carbonyl (C=O) groups excluding carboxylic acids is 1. The van der Waals surface area contributed by atoms with Crippen LogP contribution in [0, 0.1) is 0 Å². The summed E-state index contributed by atoms with van der Waals surface area (Å²) in [6, 6.07) is 24.6. The standard InChI is InChI=1S/C26H28N2O4/c1-2-3-17-30-23-13-15-24(16-14-23)31-20-26(29)28-27-18-22-11-7-8-12-25(22)32-19-21-9-5-4-6-10-21/h4-16,18H,2-3,17,19-20H2,1H3,(H,28,29)/b27-18-. The molecule has 0 heterocycles. The Labute approximate surface area is 188 Å². The van der Waals surface area contributed by atoms with Gasteiger partial charge in [-0.1, -0.05) is 55.8 Å². The van der Waals surface area contributed by atoms with Crippen LogP contribution < -0.4 is 19.6 Å². The fourth-order valence-corrected chi connectivity index (χ4v) is 2.78. The Morgan fingerprint density at radius 1 is 0.875 bits per heavy atom. The number of amides is 1. The van der Waals surface area contributed by atoms with E-state index in [1.54, 1.807) is 18.3 Å². The Morgan fingerprint density at radius 3 is 2.31 bits per heavy atom. The van der Waals surface area contributed by atoms with Gasteiger partial charge in [0.15, 0.2) is 6.61 Å². The summed E-state index contributed by atoms with van der Waals surface area (Å²) < 4.78 is 17.0. The van der Waals surface area contributed by atoms with E-state index in [0.717, 1.165) is 29.7 Å². The predicted octanol–water partition coefficient (Wildman–Crippen LogP) is 4.97. The lowest BCUT2D eigenvalue weighted by molar-refractivity contribution is -0.123. The molecule has 3 aromatic rings. The molecule has 0 aliphatic carbocycles. The molecule has 32 heavy (non-hydrogen) atoms. The highest BCUT2D eigenvalue weighted by atomic mass is 16.5. The molecule has 0 saturated carbocycles. The van der Waals surface area contributed by atoms with Crippen LogP contribution in [0.1, 0.15) is 30.9 Å². The smallest absolute Gasteiger partial charge is 0.277 e. The number of rotatable bonds is 12. The molecule has 0 aliphatic rings. The zero-order valence-electron chi connectivity index (χ0n) is 18.2. The van der Waals surface area contributed by atoms with E-state index in [4.69, 9.17) is 14.2 Å². The van der Waals surface area contributed by atoms with Crippen LogP contribution in [-0.4, -0.2) is 25.3 Å². The first-order valence-electron chi connectivity index (χ1n) is 10.7. The molecule has 3 aromatic carbocycles. The van der Waals surface area contributed by atoms with Crippen molar-refractivity contribution in [3.63, 3.8) is 0 Å². The first kappa shape index (κ1) is 22.9. The van der Waals surface area contributed by atoms with Gasteiger partial charge in [0.25, 0.3) is 5.91 Å². The fourth-order valence-electron chi connectivity index (χ4n) is 2.78. The van der Waals surface area contributed by atoms with Crippen LogP contribution in [0.15, 0.2) is 84.0 Å². The summed E-state index contributed by atoms with van der Waals surface area (Å²) in [4.78, 5) is 12.0. The van der Waals surface area contributed by atoms with Gasteiger partial charge in [0.1, 0.15) is 23.9 Å². The largest absolute Gasteiger partial charge is 0.494 e. The van der Waals surface area contributed by atoms with Gasteiger partial charge >= 0.3 is 0 Å². The van der Waals surface area contributed by atoms with Gasteiger partial charge in [0.05, 0.1) is 12.8 Å². The van der Waals surface area contributed by atoms with Crippen molar-refractivity contribution < 1.29 is 19.0 Å². The third kappa shape index (κ3) is 7.80. The Bertz CT molecular complexity index is 988. The van der Waals surface area contributed by atoms with E-state index in [1.807, 2.05) is 66.7 Å². The van der Waals surface area contributed by atoms with Gasteiger partial charge in [-0.05, 0) is 48.4 Å². The summed E-state index contributed by atoms with van der Waals surface area (Å²) >= 11 is 0. The van der Waals surface area contributed by atoms with Crippen molar-refractivity contribution in [1.29, 1.82) is 0 Å². The summed E-state index contributed by atoms with van der Waals surface area (Å²) in [5.74, 6) is 1.71. The summed E-state index contributed by atoms with van der Waals surface area (Å²) in [5.41, 5.74) is 4.31. The highest BCUT2D eigenvalue weighted by Crippen LogP contribution is 2.18. The summed E-state index contributed by atoms with van der Waals surface area (Å²) in [6.07, 6.45) is 3.66. The van der Waals surface area contributed by atoms with Gasteiger partial charge < -0.3 is 14.2 Å². The number of benzene rings is 3. The first-order chi connectivity index (χ1) is 15.7. The number of para-hydroxylation sites is 1. The molecule has 0 unspecified atom stereocenters. The molecule has 6 nitrogen and oxygen atoms in total. The quantitative estimate of drug-likeness (QED) is 0.249. The van der Waals surface area contributed by atoms with Crippen molar-refractivity contribution in [3.05, 3.63) is 90.0 Å². The molecule has 0 saturated heterocycles. The summed E-state index contributed by atoms with van der Waals surface area (Å²) in [5, 5.41) is 4.02. The van der Waals surface area contributed by atoms with Crippen LogP contribution in [0.2, 0.25) is 0 Å². The average molecular weight is 433 g/mol. The second-order valence-corrected chi connectivity index (χ2v) is 7.07. The molecule has 0 aliphatic heterocycles. The molecule has 0 bridgehead atoms. The van der Waals surface area contributed by atoms with E-state index in [9.17, 15) is 4.79 Å². The van der Waals surface area contributed by atoms with E-state index in [0.29, 0.717) is 24.7 Å². The number of nitrogens with one attached hydrogen (secondary N) is 1. The van der Waals surface area contributed by atoms with Gasteiger partial charge in [-0.3, -0.25) is 4.79 Å². The predicted molar refractivity (Wildman–Crippen MR) is 125 cm³/mol. The zero-order valence-corrected chi connectivity index (χ0v) is 18.2. The minimum absolute atomic E-state index is 0.139.